The molecule has 0 spiro atoms. The van der Waals surface area contributed by atoms with E-state index in [-0.39, 0.29) is 0 Å². The molecule has 0 saturated carbocycles. The summed E-state index contributed by atoms with van der Waals surface area (Å²) < 4.78 is 7.55. The fourth-order valence-electron chi connectivity index (χ4n) is 2.68. The normalized spacial score (nSPS) is 11.3. The number of fused-ring (bicyclic) bond motifs is 3. The number of benzene rings is 1. The number of anilines is 1. The van der Waals surface area contributed by atoms with Crippen LogP contribution in [0.1, 0.15) is 5.69 Å². The number of hydrogen-bond acceptors (Lipinski definition) is 3. The van der Waals surface area contributed by atoms with Crippen LogP contribution in [0.5, 0.6) is 5.75 Å². The summed E-state index contributed by atoms with van der Waals surface area (Å²) in [7, 11) is 3.71. The van der Waals surface area contributed by atoms with Crippen LogP contribution in [0.2, 0.25) is 0 Å². The molecule has 3 rings (SSSR count). The van der Waals surface area contributed by atoms with E-state index in [0.29, 0.717) is 5.82 Å². The van der Waals surface area contributed by atoms with Crippen molar-refractivity contribution in [3.63, 3.8) is 0 Å². The monoisotopic (exact) mass is 241 g/mol. The number of para-hydroxylation sites is 1. The topological polar surface area (TPSA) is 53.1 Å². The van der Waals surface area contributed by atoms with E-state index in [1.165, 1.54) is 0 Å². The average Bonchev–Trinajstić information content (AvgIpc) is 2.63. The van der Waals surface area contributed by atoms with E-state index < -0.39 is 0 Å². The number of aromatic nitrogens is 2. The fourth-order valence-corrected chi connectivity index (χ4v) is 2.68. The number of hydrogen-bond donors (Lipinski definition) is 1. The second-order valence-corrected chi connectivity index (χ2v) is 4.44. The molecule has 1 aromatic carbocycles. The molecule has 0 atom stereocenters. The minimum absolute atomic E-state index is 0.551. The van der Waals surface area contributed by atoms with Crippen molar-refractivity contribution in [3.05, 3.63) is 30.0 Å². The van der Waals surface area contributed by atoms with Gasteiger partial charge in [-0.3, -0.25) is 0 Å². The predicted octanol–water partition coefficient (Wildman–Crippen LogP) is 2.63. The van der Waals surface area contributed by atoms with Crippen molar-refractivity contribution < 1.29 is 4.74 Å². The highest BCUT2D eigenvalue weighted by molar-refractivity contribution is 6.11. The fraction of sp³-hybridized carbons (Fsp3) is 0.214. The number of nitrogen functional groups attached to an aromatic ring is 1. The van der Waals surface area contributed by atoms with Gasteiger partial charge in [-0.05, 0) is 19.1 Å². The van der Waals surface area contributed by atoms with Gasteiger partial charge in [-0.1, -0.05) is 12.1 Å². The summed E-state index contributed by atoms with van der Waals surface area (Å²) >= 11 is 0. The lowest BCUT2D eigenvalue weighted by Crippen LogP contribution is -1.96. The maximum atomic E-state index is 5.84. The van der Waals surface area contributed by atoms with Crippen LogP contribution in [0.15, 0.2) is 24.3 Å². The number of rotatable bonds is 1. The van der Waals surface area contributed by atoms with Crippen molar-refractivity contribution in [3.8, 4) is 5.75 Å². The van der Waals surface area contributed by atoms with Crippen LogP contribution in [-0.2, 0) is 7.05 Å². The Morgan fingerprint density at radius 1 is 1.22 bits per heavy atom. The highest BCUT2D eigenvalue weighted by Gasteiger charge is 2.14. The number of nitrogens with zero attached hydrogens (tertiary/aromatic N) is 2. The number of nitrogens with two attached hydrogens (primary N) is 1. The Labute approximate surface area is 105 Å². The molecule has 4 heteroatoms. The van der Waals surface area contributed by atoms with Gasteiger partial charge in [0, 0.05) is 17.8 Å². The number of pyridine rings is 1. The van der Waals surface area contributed by atoms with E-state index in [9.17, 15) is 0 Å². The molecule has 0 saturated heterocycles. The van der Waals surface area contributed by atoms with Crippen molar-refractivity contribution in [2.75, 3.05) is 12.8 Å². The molecule has 92 valence electrons. The van der Waals surface area contributed by atoms with Crippen molar-refractivity contribution in [2.45, 2.75) is 6.92 Å². The van der Waals surface area contributed by atoms with Crippen molar-refractivity contribution in [2.24, 2.45) is 7.05 Å². The Morgan fingerprint density at radius 3 is 2.72 bits per heavy atom. The smallest absolute Gasteiger partial charge is 0.143 e. The Bertz CT molecular complexity index is 759. The molecule has 0 aliphatic carbocycles. The SMILES string of the molecule is COc1cccc2c3cc(N)nc(C)c3n(C)c12. The molecule has 0 radical (unpaired) electrons. The molecule has 0 fully saturated rings. The van der Waals surface area contributed by atoms with Gasteiger partial charge in [0.1, 0.15) is 11.6 Å². The van der Waals surface area contributed by atoms with Gasteiger partial charge in [0.05, 0.1) is 23.8 Å². The van der Waals surface area contributed by atoms with E-state index >= 15 is 0 Å². The summed E-state index contributed by atoms with van der Waals surface area (Å²) in [6.07, 6.45) is 0. The van der Waals surface area contributed by atoms with Crippen LogP contribution < -0.4 is 10.5 Å². The van der Waals surface area contributed by atoms with Crippen LogP contribution in [0.3, 0.4) is 0 Å². The van der Waals surface area contributed by atoms with E-state index in [2.05, 4.69) is 15.6 Å². The molecule has 0 aliphatic heterocycles. The number of ether oxygens (including phenoxy) is 1. The predicted molar refractivity (Wildman–Crippen MR) is 73.9 cm³/mol. The summed E-state index contributed by atoms with van der Waals surface area (Å²) in [4.78, 5) is 4.33. The van der Waals surface area contributed by atoms with Gasteiger partial charge in [-0.15, -0.1) is 0 Å². The first-order chi connectivity index (χ1) is 8.63. The van der Waals surface area contributed by atoms with Crippen LogP contribution in [0.4, 0.5) is 5.82 Å². The molecule has 0 aliphatic rings. The molecule has 2 heterocycles. The molecule has 0 unspecified atom stereocenters. The molecular formula is C14H15N3O. The maximum Gasteiger partial charge on any atom is 0.143 e. The zero-order valence-corrected chi connectivity index (χ0v) is 10.7. The second-order valence-electron chi connectivity index (χ2n) is 4.44. The van der Waals surface area contributed by atoms with E-state index in [1.54, 1.807) is 7.11 Å². The van der Waals surface area contributed by atoms with Gasteiger partial charge < -0.3 is 15.0 Å². The standard InChI is InChI=1S/C14H15N3O/c1-8-13-10(7-12(15)16-8)9-5-4-6-11(18-3)14(9)17(13)2/h4-7H,1-3H3,(H2,15,16). The molecule has 2 aromatic heterocycles. The maximum absolute atomic E-state index is 5.84. The minimum Gasteiger partial charge on any atom is -0.495 e. The first-order valence-electron chi connectivity index (χ1n) is 5.81. The molecule has 2 N–H and O–H groups in total. The lowest BCUT2D eigenvalue weighted by Gasteiger charge is -2.05. The van der Waals surface area contributed by atoms with E-state index in [0.717, 1.165) is 33.2 Å². The zero-order valence-electron chi connectivity index (χ0n) is 10.7. The third-order valence-electron chi connectivity index (χ3n) is 3.37. The third-order valence-corrected chi connectivity index (χ3v) is 3.37. The molecular weight excluding hydrogens is 226 g/mol. The highest BCUT2D eigenvalue weighted by Crippen LogP contribution is 2.35. The second kappa shape index (κ2) is 3.63. The van der Waals surface area contributed by atoms with Crippen LogP contribution in [-0.4, -0.2) is 16.7 Å². The van der Waals surface area contributed by atoms with Gasteiger partial charge >= 0.3 is 0 Å². The van der Waals surface area contributed by atoms with Crippen LogP contribution in [0.25, 0.3) is 21.8 Å². The van der Waals surface area contributed by atoms with Gasteiger partial charge in [0.25, 0.3) is 0 Å². The Morgan fingerprint density at radius 2 is 2.00 bits per heavy atom. The summed E-state index contributed by atoms with van der Waals surface area (Å²) in [5, 5.41) is 2.26. The first kappa shape index (κ1) is 10.9. The molecule has 18 heavy (non-hydrogen) atoms. The Kier molecular flexibility index (Phi) is 2.20. The van der Waals surface area contributed by atoms with Crippen LogP contribution >= 0.6 is 0 Å². The zero-order chi connectivity index (χ0) is 12.9. The first-order valence-corrected chi connectivity index (χ1v) is 5.81. The van der Waals surface area contributed by atoms with Gasteiger partial charge in [-0.2, -0.15) is 0 Å². The number of methoxy groups -OCH3 is 1. The summed E-state index contributed by atoms with van der Waals surface area (Å²) in [5.74, 6) is 1.42. The Balaban J connectivity index is 2.62. The Hall–Kier alpha value is -2.23. The van der Waals surface area contributed by atoms with E-state index in [1.807, 2.05) is 32.2 Å². The quantitative estimate of drug-likeness (QED) is 0.712. The van der Waals surface area contributed by atoms with E-state index in [4.69, 9.17) is 10.5 Å². The van der Waals surface area contributed by atoms with Crippen molar-refractivity contribution >= 4 is 27.6 Å². The van der Waals surface area contributed by atoms with Crippen molar-refractivity contribution in [1.29, 1.82) is 0 Å². The lowest BCUT2D eigenvalue weighted by atomic mass is 10.1. The van der Waals surface area contributed by atoms with Gasteiger partial charge in [-0.25, -0.2) is 4.98 Å². The summed E-state index contributed by atoms with van der Waals surface area (Å²) in [6.45, 7) is 1.98. The molecule has 4 nitrogen and oxygen atoms in total. The van der Waals surface area contributed by atoms with Gasteiger partial charge in [0.2, 0.25) is 0 Å². The lowest BCUT2D eigenvalue weighted by molar-refractivity contribution is 0.418. The molecule has 3 aromatic rings. The third kappa shape index (κ3) is 1.29. The minimum atomic E-state index is 0.551. The summed E-state index contributed by atoms with van der Waals surface area (Å²) in [6, 6.07) is 7.96. The summed E-state index contributed by atoms with van der Waals surface area (Å²) in [5.41, 5.74) is 8.95. The van der Waals surface area contributed by atoms with Crippen LogP contribution in [0, 0.1) is 6.92 Å². The molecule has 0 amide bonds. The largest absolute Gasteiger partial charge is 0.495 e. The average molecular weight is 241 g/mol. The molecule has 0 bridgehead atoms. The van der Waals surface area contributed by atoms with Gasteiger partial charge in [0.15, 0.2) is 0 Å². The highest BCUT2D eigenvalue weighted by atomic mass is 16.5. The van der Waals surface area contributed by atoms with Crippen molar-refractivity contribution in [1.82, 2.24) is 9.55 Å². The number of aryl methyl sites for hydroxylation is 2.